The number of benzene rings is 5. The van der Waals surface area contributed by atoms with Crippen molar-refractivity contribution in [1.82, 2.24) is 0 Å². The summed E-state index contributed by atoms with van der Waals surface area (Å²) in [6.45, 7) is 0. The van der Waals surface area contributed by atoms with E-state index in [-0.39, 0.29) is 0 Å². The molecule has 0 unspecified atom stereocenters. The van der Waals surface area contributed by atoms with Crippen molar-refractivity contribution in [3.05, 3.63) is 152 Å². The molecule has 0 amide bonds. The summed E-state index contributed by atoms with van der Waals surface area (Å²) in [5, 5.41) is 5.83. The largest absolute Gasteiger partial charge is 0.314 e. The minimum atomic E-state index is -2.85. The Morgan fingerprint density at radius 2 is 0.714 bits per heavy atom. The molecule has 5 aromatic rings. The van der Waals surface area contributed by atoms with E-state index < -0.39 is 14.4 Å². The third kappa shape index (κ3) is 4.68. The van der Waals surface area contributed by atoms with E-state index in [0.29, 0.717) is 6.16 Å². The van der Waals surface area contributed by atoms with Crippen LogP contribution in [0.25, 0.3) is 0 Å². The summed E-state index contributed by atoms with van der Waals surface area (Å²) in [6, 6.07) is 52.6. The molecule has 0 N–H and O–H groups in total. The Kier molecular flexibility index (Phi) is 7.10. The van der Waals surface area contributed by atoms with Crippen LogP contribution in [-0.2, 0) is 4.57 Å². The molecule has 5 rings (SSSR count). The molecule has 0 atom stereocenters. The van der Waals surface area contributed by atoms with Gasteiger partial charge in [0.05, 0.1) is 6.16 Å². The molecule has 0 aliphatic carbocycles. The molecule has 0 fully saturated rings. The highest BCUT2D eigenvalue weighted by Crippen LogP contribution is 2.58. The third-order valence-electron chi connectivity index (χ3n) is 6.69. The van der Waals surface area contributed by atoms with E-state index in [9.17, 15) is 4.57 Å². The van der Waals surface area contributed by atoms with Crippen LogP contribution in [0.1, 0.15) is 0 Å². The molecule has 172 valence electrons. The van der Waals surface area contributed by atoms with E-state index >= 15 is 0 Å². The molecule has 1 nitrogen and oxygen atoms in total. The van der Waals surface area contributed by atoms with Crippen molar-refractivity contribution < 1.29 is 4.57 Å². The van der Waals surface area contributed by atoms with Crippen molar-refractivity contribution in [2.75, 3.05) is 12.3 Å². The highest BCUT2D eigenvalue weighted by atomic mass is 31.2. The molecular weight excluding hydrogens is 462 g/mol. The lowest BCUT2D eigenvalue weighted by Crippen LogP contribution is -2.35. The zero-order valence-corrected chi connectivity index (χ0v) is 21.4. The molecule has 5 aromatic carbocycles. The smallest absolute Gasteiger partial charge is 0.146 e. The molecule has 35 heavy (non-hydrogen) atoms. The van der Waals surface area contributed by atoms with Crippen molar-refractivity contribution in [2.45, 2.75) is 0 Å². The van der Waals surface area contributed by atoms with Gasteiger partial charge in [-0.1, -0.05) is 115 Å². The summed E-state index contributed by atoms with van der Waals surface area (Å²) in [5.41, 5.74) is 0. The van der Waals surface area contributed by atoms with Crippen LogP contribution in [-0.4, -0.2) is 12.3 Å². The van der Waals surface area contributed by atoms with E-state index in [1.54, 1.807) is 0 Å². The van der Waals surface area contributed by atoms with Gasteiger partial charge in [0.1, 0.15) is 30.3 Å². The highest BCUT2D eigenvalue weighted by molar-refractivity contribution is 7.96. The fraction of sp³-hybridized carbons (Fsp3) is 0.0625. The van der Waals surface area contributed by atoms with Gasteiger partial charge in [-0.05, 0) is 36.4 Å². The summed E-state index contributed by atoms with van der Waals surface area (Å²) >= 11 is 0. The van der Waals surface area contributed by atoms with Crippen LogP contribution in [0.5, 0.6) is 0 Å². The lowest BCUT2D eigenvalue weighted by Gasteiger charge is -2.29. The van der Waals surface area contributed by atoms with E-state index in [0.717, 1.165) is 16.8 Å². The minimum absolute atomic E-state index is 0.605. The molecule has 0 radical (unpaired) electrons. The second-order valence-electron chi connectivity index (χ2n) is 8.67. The molecule has 0 spiro atoms. The summed E-state index contributed by atoms with van der Waals surface area (Å²) in [6.07, 6.45) is 1.43. The van der Waals surface area contributed by atoms with Crippen molar-refractivity contribution in [2.24, 2.45) is 0 Å². The first kappa shape index (κ1) is 23.5. The number of rotatable bonds is 8. The SMILES string of the molecule is O=P(CC[P+](c1ccccc1)(c1ccccc1)c1ccccc1)(c1ccccc1)c1ccccc1. The Morgan fingerprint density at radius 3 is 1.03 bits per heavy atom. The first-order valence-electron chi connectivity index (χ1n) is 12.0. The zero-order chi connectivity index (χ0) is 24.0. The standard InChI is InChI=1S/C32H29OP2/c33-35(31-22-12-4-13-23-31,32-24-14-5-15-25-32)27-26-34(28-16-6-1-7-17-28,29-18-8-2-9-19-29)30-20-10-3-11-21-30/h1-25H,26-27H2/q+1. The molecule has 0 saturated heterocycles. The Labute approximate surface area is 209 Å². The maximum absolute atomic E-state index is 15.0. The summed E-state index contributed by atoms with van der Waals surface area (Å²) in [7, 11) is -4.92. The van der Waals surface area contributed by atoms with Crippen molar-refractivity contribution in [3.8, 4) is 0 Å². The van der Waals surface area contributed by atoms with E-state index in [4.69, 9.17) is 0 Å². The maximum Gasteiger partial charge on any atom is 0.146 e. The van der Waals surface area contributed by atoms with E-state index in [1.807, 2.05) is 60.7 Å². The first-order valence-corrected chi connectivity index (χ1v) is 15.9. The topological polar surface area (TPSA) is 17.1 Å². The second kappa shape index (κ2) is 10.6. The van der Waals surface area contributed by atoms with Gasteiger partial charge in [-0.25, -0.2) is 0 Å². The average molecular weight is 492 g/mol. The lowest BCUT2D eigenvalue weighted by atomic mass is 10.4. The Morgan fingerprint density at radius 1 is 0.429 bits per heavy atom. The molecular formula is C32H29OP2+. The van der Waals surface area contributed by atoms with Crippen LogP contribution in [0.2, 0.25) is 0 Å². The summed E-state index contributed by atoms with van der Waals surface area (Å²) in [4.78, 5) is 0. The lowest BCUT2D eigenvalue weighted by molar-refractivity contribution is 0.588. The molecule has 3 heteroatoms. The van der Waals surface area contributed by atoms with Crippen LogP contribution < -0.4 is 26.5 Å². The van der Waals surface area contributed by atoms with Crippen LogP contribution in [0.15, 0.2) is 152 Å². The second-order valence-corrected chi connectivity index (χ2v) is 15.2. The third-order valence-corrected chi connectivity index (χ3v) is 14.6. The van der Waals surface area contributed by atoms with Crippen molar-refractivity contribution in [1.29, 1.82) is 0 Å². The van der Waals surface area contributed by atoms with E-state index in [1.165, 1.54) is 15.9 Å². The van der Waals surface area contributed by atoms with Crippen molar-refractivity contribution in [3.63, 3.8) is 0 Å². The van der Waals surface area contributed by atoms with Crippen LogP contribution >= 0.6 is 14.4 Å². The predicted molar refractivity (Wildman–Crippen MR) is 155 cm³/mol. The summed E-state index contributed by atoms with van der Waals surface area (Å²) in [5.74, 6) is 0. The van der Waals surface area contributed by atoms with Crippen LogP contribution in [0.3, 0.4) is 0 Å². The fourth-order valence-electron chi connectivity index (χ4n) is 4.92. The van der Waals surface area contributed by atoms with E-state index in [2.05, 4.69) is 91.0 Å². The van der Waals surface area contributed by atoms with Crippen molar-refractivity contribution >= 4 is 40.9 Å². The number of hydrogen-bond acceptors (Lipinski definition) is 1. The van der Waals surface area contributed by atoms with Gasteiger partial charge >= 0.3 is 0 Å². The quantitative estimate of drug-likeness (QED) is 0.244. The van der Waals surface area contributed by atoms with Gasteiger partial charge < -0.3 is 4.57 Å². The molecule has 0 heterocycles. The molecule has 0 saturated carbocycles. The Bertz CT molecular complexity index is 1250. The first-order chi connectivity index (χ1) is 17.2. The van der Waals surface area contributed by atoms with Gasteiger partial charge in [0.25, 0.3) is 0 Å². The van der Waals surface area contributed by atoms with Gasteiger partial charge in [0, 0.05) is 16.8 Å². The van der Waals surface area contributed by atoms with Crippen LogP contribution in [0.4, 0.5) is 0 Å². The number of hydrogen-bond donors (Lipinski definition) is 0. The Hall–Kier alpha value is -3.24. The monoisotopic (exact) mass is 491 g/mol. The maximum atomic E-state index is 15.0. The molecule has 0 aromatic heterocycles. The van der Waals surface area contributed by atoms with Gasteiger partial charge in [0.15, 0.2) is 0 Å². The summed E-state index contributed by atoms with van der Waals surface area (Å²) < 4.78 is 15.0. The zero-order valence-electron chi connectivity index (χ0n) is 19.7. The fourth-order valence-corrected chi connectivity index (χ4v) is 13.1. The minimum Gasteiger partial charge on any atom is -0.314 e. The molecule has 0 bridgehead atoms. The molecule has 0 aliphatic rings. The van der Waals surface area contributed by atoms with Gasteiger partial charge in [-0.15, -0.1) is 0 Å². The Balaban J connectivity index is 1.70. The molecule has 0 aliphatic heterocycles. The predicted octanol–water partition coefficient (Wildman–Crippen LogP) is 5.99. The van der Waals surface area contributed by atoms with Gasteiger partial charge in [-0.2, -0.15) is 0 Å². The van der Waals surface area contributed by atoms with Gasteiger partial charge in [0.2, 0.25) is 0 Å². The van der Waals surface area contributed by atoms with Gasteiger partial charge in [-0.3, -0.25) is 0 Å². The normalized spacial score (nSPS) is 11.8. The average Bonchev–Trinajstić information content (AvgIpc) is 2.96. The highest BCUT2D eigenvalue weighted by Gasteiger charge is 2.47. The van der Waals surface area contributed by atoms with Crippen LogP contribution in [0, 0.1) is 0 Å².